The number of allylic oxidation sites excluding steroid dienone is 1. The number of aliphatic carboxylic acids is 1. The van der Waals surface area contributed by atoms with Crippen molar-refractivity contribution in [2.75, 3.05) is 6.61 Å². The van der Waals surface area contributed by atoms with Crippen molar-refractivity contribution >= 4 is 18.0 Å². The molecular weight excluding hydrogens is 520 g/mol. The molecule has 0 fully saturated rings. The van der Waals surface area contributed by atoms with Crippen LogP contribution in [0.1, 0.15) is 42.4 Å². The van der Waals surface area contributed by atoms with Crippen molar-refractivity contribution in [2.45, 2.75) is 50.5 Å². The van der Waals surface area contributed by atoms with Crippen LogP contribution in [0.3, 0.4) is 0 Å². The summed E-state index contributed by atoms with van der Waals surface area (Å²) in [5.74, 6) is -2.11. The summed E-state index contributed by atoms with van der Waals surface area (Å²) in [5.41, 5.74) is 5.48. The quantitative estimate of drug-likeness (QED) is 0.303. The second-order valence-corrected chi connectivity index (χ2v) is 10.5. The lowest BCUT2D eigenvalue weighted by Gasteiger charge is -2.28. The summed E-state index contributed by atoms with van der Waals surface area (Å²) in [6.45, 7) is 2.06. The summed E-state index contributed by atoms with van der Waals surface area (Å²) in [5, 5.41) is 15.2. The Labute approximate surface area is 239 Å². The molecular formula is C33H34N2O6. The minimum absolute atomic E-state index is 0.0485. The summed E-state index contributed by atoms with van der Waals surface area (Å²) in [7, 11) is 0. The van der Waals surface area contributed by atoms with Gasteiger partial charge in [-0.3, -0.25) is 4.79 Å². The lowest BCUT2D eigenvalue weighted by atomic mass is 9.90. The normalized spacial score (nSPS) is 19.0. The van der Waals surface area contributed by atoms with Crippen molar-refractivity contribution in [3.63, 3.8) is 0 Å². The van der Waals surface area contributed by atoms with Gasteiger partial charge in [-0.1, -0.05) is 91.0 Å². The minimum Gasteiger partial charge on any atom is -0.480 e. The zero-order valence-corrected chi connectivity index (χ0v) is 22.9. The number of alkyl carbamates (subject to hydrolysis) is 1. The fourth-order valence-electron chi connectivity index (χ4n) is 5.55. The Morgan fingerprint density at radius 3 is 2.22 bits per heavy atom. The van der Waals surface area contributed by atoms with Crippen LogP contribution in [0.5, 0.6) is 0 Å². The van der Waals surface area contributed by atoms with Gasteiger partial charge in [0.1, 0.15) is 6.61 Å². The highest BCUT2D eigenvalue weighted by atomic mass is 16.5. The van der Waals surface area contributed by atoms with Crippen molar-refractivity contribution in [2.24, 2.45) is 5.92 Å². The number of amides is 2. The molecule has 5 rings (SSSR count). The number of benzene rings is 3. The van der Waals surface area contributed by atoms with E-state index in [1.54, 1.807) is 6.92 Å². The molecule has 8 heteroatoms. The van der Waals surface area contributed by atoms with Gasteiger partial charge in [0.15, 0.2) is 6.04 Å². The van der Waals surface area contributed by atoms with Crippen LogP contribution >= 0.6 is 0 Å². The number of nitrogens with one attached hydrogen (secondary N) is 2. The molecule has 0 spiro atoms. The van der Waals surface area contributed by atoms with Crippen LogP contribution in [-0.2, 0) is 25.7 Å². The highest BCUT2D eigenvalue weighted by Crippen LogP contribution is 2.44. The Bertz CT molecular complexity index is 1380. The van der Waals surface area contributed by atoms with E-state index >= 15 is 0 Å². The van der Waals surface area contributed by atoms with Gasteiger partial charge in [0.25, 0.3) is 0 Å². The number of carbonyl (C=O) groups is 3. The van der Waals surface area contributed by atoms with E-state index in [9.17, 15) is 19.5 Å². The van der Waals surface area contributed by atoms with Gasteiger partial charge in [0.2, 0.25) is 5.91 Å². The lowest BCUT2D eigenvalue weighted by molar-refractivity contribution is -0.147. The first-order valence-corrected chi connectivity index (χ1v) is 13.9. The van der Waals surface area contributed by atoms with Gasteiger partial charge in [0.05, 0.1) is 18.8 Å². The van der Waals surface area contributed by atoms with E-state index in [2.05, 4.69) is 34.9 Å². The van der Waals surface area contributed by atoms with Gasteiger partial charge in [-0.15, -0.1) is 0 Å². The first kappa shape index (κ1) is 28.1. The molecule has 0 aromatic heterocycles. The fourth-order valence-corrected chi connectivity index (χ4v) is 5.55. The first-order valence-electron chi connectivity index (χ1n) is 13.9. The predicted octanol–water partition coefficient (Wildman–Crippen LogP) is 5.03. The van der Waals surface area contributed by atoms with Crippen LogP contribution < -0.4 is 10.6 Å². The first-order chi connectivity index (χ1) is 19.9. The number of rotatable bonds is 10. The van der Waals surface area contributed by atoms with Crippen molar-refractivity contribution in [3.05, 3.63) is 108 Å². The Morgan fingerprint density at radius 1 is 0.927 bits per heavy atom. The number of hydrogen-bond acceptors (Lipinski definition) is 5. The molecule has 2 aliphatic rings. The van der Waals surface area contributed by atoms with Gasteiger partial charge in [0, 0.05) is 11.8 Å². The van der Waals surface area contributed by atoms with Crippen LogP contribution in [0.4, 0.5) is 4.79 Å². The second-order valence-electron chi connectivity index (χ2n) is 10.5. The molecule has 212 valence electrons. The molecule has 0 bridgehead atoms. The summed E-state index contributed by atoms with van der Waals surface area (Å²) >= 11 is 0. The molecule has 0 heterocycles. The highest BCUT2D eigenvalue weighted by molar-refractivity contribution is 5.85. The van der Waals surface area contributed by atoms with E-state index in [4.69, 9.17) is 9.47 Å². The molecule has 3 N–H and O–H groups in total. The second kappa shape index (κ2) is 12.8. The number of fused-ring (bicyclic) bond motifs is 3. The van der Waals surface area contributed by atoms with Crippen molar-refractivity contribution in [3.8, 4) is 11.1 Å². The number of ether oxygens (including phenoxy) is 2. The summed E-state index contributed by atoms with van der Waals surface area (Å²) < 4.78 is 11.4. The van der Waals surface area contributed by atoms with Crippen LogP contribution in [0, 0.1) is 5.92 Å². The van der Waals surface area contributed by atoms with Crippen molar-refractivity contribution < 1.29 is 29.0 Å². The summed E-state index contributed by atoms with van der Waals surface area (Å²) in [6.07, 6.45) is 3.14. The van der Waals surface area contributed by atoms with Crippen LogP contribution in [0.25, 0.3) is 11.1 Å². The third-order valence-electron chi connectivity index (χ3n) is 7.73. The zero-order chi connectivity index (χ0) is 28.8. The average Bonchev–Trinajstić information content (AvgIpc) is 3.31. The maximum absolute atomic E-state index is 13.0. The largest absolute Gasteiger partial charge is 0.480 e. The Morgan fingerprint density at radius 2 is 1.56 bits per heavy atom. The van der Waals surface area contributed by atoms with E-state index in [0.717, 1.165) is 27.8 Å². The molecule has 0 saturated carbocycles. The molecule has 0 radical (unpaired) electrons. The van der Waals surface area contributed by atoms with E-state index in [0.29, 0.717) is 12.8 Å². The van der Waals surface area contributed by atoms with Gasteiger partial charge in [-0.05, 0) is 47.6 Å². The zero-order valence-electron chi connectivity index (χ0n) is 22.9. The topological polar surface area (TPSA) is 114 Å². The minimum atomic E-state index is -1.20. The van der Waals surface area contributed by atoms with Gasteiger partial charge >= 0.3 is 12.1 Å². The monoisotopic (exact) mass is 554 g/mol. The third-order valence-corrected chi connectivity index (χ3v) is 7.73. The molecule has 3 aromatic carbocycles. The fraction of sp³-hybridized carbons (Fsp3) is 0.303. The highest BCUT2D eigenvalue weighted by Gasteiger charge is 2.33. The molecule has 8 nitrogen and oxygen atoms in total. The molecule has 41 heavy (non-hydrogen) atoms. The Balaban J connectivity index is 1.13. The Hall–Kier alpha value is -4.43. The molecule has 0 saturated heterocycles. The smallest absolute Gasteiger partial charge is 0.407 e. The molecule has 2 amide bonds. The number of carboxylic acids is 1. The molecule has 2 unspecified atom stereocenters. The van der Waals surface area contributed by atoms with E-state index < -0.39 is 42.1 Å². The maximum atomic E-state index is 13.0. The molecule has 3 aromatic rings. The number of carboxylic acid groups (broad SMARTS) is 1. The van der Waals surface area contributed by atoms with Crippen molar-refractivity contribution in [1.29, 1.82) is 0 Å². The number of hydrogen-bond donors (Lipinski definition) is 3. The average molecular weight is 555 g/mol. The Kier molecular flexibility index (Phi) is 8.79. The van der Waals surface area contributed by atoms with Crippen LogP contribution in [0.2, 0.25) is 0 Å². The van der Waals surface area contributed by atoms with Gasteiger partial charge in [-0.25, -0.2) is 9.59 Å². The lowest BCUT2D eigenvalue weighted by Crippen LogP contribution is -2.51. The SMILES string of the molecule is CC(OCc1ccccc1)C(NC(=O)[C@@H]1CC=C[C@@H](NC(=O)OCC2c3ccccc3-c3ccccc32)C1)C(=O)O. The molecule has 0 aliphatic heterocycles. The number of carbonyl (C=O) groups excluding carboxylic acids is 2. The van der Waals surface area contributed by atoms with Gasteiger partial charge in [-0.2, -0.15) is 0 Å². The van der Waals surface area contributed by atoms with E-state index in [1.807, 2.05) is 66.7 Å². The molecule has 4 atom stereocenters. The van der Waals surface area contributed by atoms with Crippen LogP contribution in [-0.4, -0.2) is 47.9 Å². The van der Waals surface area contributed by atoms with Crippen molar-refractivity contribution in [1.82, 2.24) is 10.6 Å². The van der Waals surface area contributed by atoms with Crippen LogP contribution in [0.15, 0.2) is 91.0 Å². The van der Waals surface area contributed by atoms with E-state index in [-0.39, 0.29) is 19.1 Å². The summed E-state index contributed by atoms with van der Waals surface area (Å²) in [6, 6.07) is 24.1. The standard InChI is InChI=1S/C33H34N2O6/c1-21(40-19-22-10-3-2-4-11-22)30(32(37)38)35-31(36)23-12-9-13-24(18-23)34-33(39)41-20-29-27-16-7-5-14-25(27)26-15-6-8-17-28(26)29/h2-11,13-17,21,23-24,29-30H,12,18-20H2,1H3,(H,34,39)(H,35,36)(H,37,38)/t21?,23-,24-,30?/m1/s1. The van der Waals surface area contributed by atoms with Gasteiger partial charge < -0.3 is 25.2 Å². The van der Waals surface area contributed by atoms with E-state index in [1.165, 1.54) is 0 Å². The predicted molar refractivity (Wildman–Crippen MR) is 154 cm³/mol. The summed E-state index contributed by atoms with van der Waals surface area (Å²) in [4.78, 5) is 37.7. The molecule has 2 aliphatic carbocycles. The third kappa shape index (κ3) is 6.66. The maximum Gasteiger partial charge on any atom is 0.407 e.